The number of aromatic nitrogens is 2. The summed E-state index contributed by atoms with van der Waals surface area (Å²) in [7, 11) is 1.85. The Morgan fingerprint density at radius 2 is 1.42 bits per heavy atom. The molecule has 10 heteroatoms. The number of aryl methyl sites for hydroxylation is 3. The number of ether oxygens (including phenoxy) is 5. The van der Waals surface area contributed by atoms with Crippen LogP contribution in [0.1, 0.15) is 11.1 Å². The Bertz CT molecular complexity index is 810. The number of imidazole rings is 1. The predicted molar refractivity (Wildman–Crippen MR) is 116 cm³/mol. The predicted octanol–water partition coefficient (Wildman–Crippen LogP) is 1.80. The van der Waals surface area contributed by atoms with Crippen LogP contribution in [0.3, 0.4) is 0 Å². The first kappa shape index (κ1) is 25.0. The van der Waals surface area contributed by atoms with Gasteiger partial charge in [0.2, 0.25) is 5.95 Å². The molecule has 0 fully saturated rings. The molecular formula is C21H33N3O7. The van der Waals surface area contributed by atoms with Gasteiger partial charge in [0.15, 0.2) is 0 Å². The lowest BCUT2D eigenvalue weighted by atomic mass is 10.1. The van der Waals surface area contributed by atoms with Gasteiger partial charge in [0.1, 0.15) is 6.61 Å². The number of hydrogen-bond donors (Lipinski definition) is 2. The molecule has 0 bridgehead atoms. The molecule has 2 N–H and O–H groups in total. The number of fused-ring (bicyclic) bond motifs is 1. The maximum atomic E-state index is 12.0. The number of carbonyl (C=O) groups excluding carboxylic acids is 1. The normalized spacial score (nSPS) is 11.2. The third kappa shape index (κ3) is 8.80. The second-order valence-corrected chi connectivity index (χ2v) is 6.85. The Labute approximate surface area is 182 Å². The SMILES string of the molecule is Cc1cc2nc(NC(=O)OCCOCCOCCOCCOCCO)n(C)c2cc1C. The van der Waals surface area contributed by atoms with E-state index in [2.05, 4.69) is 10.3 Å². The fraction of sp³-hybridized carbons (Fsp3) is 0.619. The van der Waals surface area contributed by atoms with Crippen molar-refractivity contribution in [2.75, 3.05) is 71.4 Å². The first-order valence-electron chi connectivity index (χ1n) is 10.3. The lowest BCUT2D eigenvalue weighted by molar-refractivity contribution is -0.00906. The Morgan fingerprint density at radius 3 is 2.00 bits per heavy atom. The zero-order valence-electron chi connectivity index (χ0n) is 18.5. The number of nitrogens with zero attached hydrogens (tertiary/aromatic N) is 2. The van der Waals surface area contributed by atoms with Crippen LogP contribution in [-0.4, -0.2) is 86.8 Å². The van der Waals surface area contributed by atoms with E-state index in [0.29, 0.717) is 52.2 Å². The number of aliphatic hydroxyl groups excluding tert-OH is 1. The van der Waals surface area contributed by atoms with Gasteiger partial charge in [-0.1, -0.05) is 0 Å². The van der Waals surface area contributed by atoms with Gasteiger partial charge in [0, 0.05) is 7.05 Å². The summed E-state index contributed by atoms with van der Waals surface area (Å²) in [6.07, 6.45) is -0.577. The first-order chi connectivity index (χ1) is 15.0. The maximum absolute atomic E-state index is 12.0. The summed E-state index contributed by atoms with van der Waals surface area (Å²) in [6.45, 7) is 7.47. The van der Waals surface area contributed by atoms with E-state index in [1.807, 2.05) is 37.6 Å². The minimum Gasteiger partial charge on any atom is -0.447 e. The fourth-order valence-electron chi connectivity index (χ4n) is 2.71. The van der Waals surface area contributed by atoms with Crippen molar-refractivity contribution in [1.82, 2.24) is 9.55 Å². The number of amides is 1. The number of aliphatic hydroxyl groups is 1. The Morgan fingerprint density at radius 1 is 0.903 bits per heavy atom. The van der Waals surface area contributed by atoms with E-state index in [9.17, 15) is 4.79 Å². The van der Waals surface area contributed by atoms with Crippen LogP contribution in [0.5, 0.6) is 0 Å². The molecule has 0 saturated heterocycles. The summed E-state index contributed by atoms with van der Waals surface area (Å²) < 4.78 is 28.0. The molecule has 2 rings (SSSR count). The van der Waals surface area contributed by atoms with Crippen LogP contribution in [0, 0.1) is 13.8 Å². The highest BCUT2D eigenvalue weighted by Crippen LogP contribution is 2.22. The molecule has 0 saturated carbocycles. The number of carbonyl (C=O) groups is 1. The number of benzene rings is 1. The van der Waals surface area contributed by atoms with Crippen LogP contribution in [-0.2, 0) is 30.7 Å². The number of anilines is 1. The summed E-state index contributed by atoms with van der Waals surface area (Å²) >= 11 is 0. The van der Waals surface area contributed by atoms with Crippen molar-refractivity contribution in [2.45, 2.75) is 13.8 Å². The summed E-state index contributed by atoms with van der Waals surface area (Å²) in [5.74, 6) is 0.432. The van der Waals surface area contributed by atoms with Crippen molar-refractivity contribution < 1.29 is 33.6 Å². The zero-order valence-corrected chi connectivity index (χ0v) is 18.5. The summed E-state index contributed by atoms with van der Waals surface area (Å²) in [6, 6.07) is 4.04. The molecule has 2 aromatic rings. The van der Waals surface area contributed by atoms with E-state index in [4.69, 9.17) is 28.8 Å². The average Bonchev–Trinajstić information content (AvgIpc) is 3.03. The van der Waals surface area contributed by atoms with E-state index in [1.54, 1.807) is 0 Å². The molecule has 10 nitrogen and oxygen atoms in total. The minimum atomic E-state index is -0.577. The Kier molecular flexibility index (Phi) is 11.3. The van der Waals surface area contributed by atoms with E-state index >= 15 is 0 Å². The maximum Gasteiger partial charge on any atom is 0.414 e. The van der Waals surface area contributed by atoms with Crippen molar-refractivity contribution in [1.29, 1.82) is 0 Å². The van der Waals surface area contributed by atoms with Crippen LogP contribution in [0.2, 0.25) is 0 Å². The van der Waals surface area contributed by atoms with E-state index < -0.39 is 6.09 Å². The van der Waals surface area contributed by atoms with Crippen LogP contribution in [0.4, 0.5) is 10.7 Å². The quantitative estimate of drug-likeness (QED) is 0.404. The molecule has 0 spiro atoms. The van der Waals surface area contributed by atoms with Crippen molar-refractivity contribution in [3.8, 4) is 0 Å². The van der Waals surface area contributed by atoms with Gasteiger partial charge in [0.05, 0.1) is 70.5 Å². The second kappa shape index (κ2) is 13.9. The lowest BCUT2D eigenvalue weighted by Gasteiger charge is -2.08. The van der Waals surface area contributed by atoms with Gasteiger partial charge < -0.3 is 33.4 Å². The molecule has 1 aromatic carbocycles. The molecule has 0 radical (unpaired) electrons. The molecule has 0 aliphatic carbocycles. The third-order valence-corrected chi connectivity index (χ3v) is 4.52. The van der Waals surface area contributed by atoms with Gasteiger partial charge in [-0.15, -0.1) is 0 Å². The smallest absolute Gasteiger partial charge is 0.414 e. The molecule has 1 aromatic heterocycles. The van der Waals surface area contributed by atoms with E-state index in [0.717, 1.165) is 16.6 Å². The highest BCUT2D eigenvalue weighted by Gasteiger charge is 2.12. The second-order valence-electron chi connectivity index (χ2n) is 6.85. The van der Waals surface area contributed by atoms with Crippen molar-refractivity contribution in [3.63, 3.8) is 0 Å². The molecule has 0 aliphatic heterocycles. The molecule has 31 heavy (non-hydrogen) atoms. The summed E-state index contributed by atoms with van der Waals surface area (Å²) in [5.41, 5.74) is 4.09. The standard InChI is InChI=1S/C21H33N3O7/c1-16-14-18-19(15-17(16)2)24(3)20(22-18)23-21(26)31-13-12-30-11-10-29-9-8-28-7-6-27-5-4-25/h14-15,25H,4-13H2,1-3H3,(H,22,23,26). The van der Waals surface area contributed by atoms with Crippen LogP contribution in [0.15, 0.2) is 12.1 Å². The van der Waals surface area contributed by atoms with Crippen LogP contribution < -0.4 is 5.32 Å². The Hall–Kier alpha value is -2.24. The molecule has 0 aliphatic rings. The van der Waals surface area contributed by atoms with Gasteiger partial charge in [-0.2, -0.15) is 0 Å². The summed E-state index contributed by atoms with van der Waals surface area (Å²) in [4.78, 5) is 16.4. The molecule has 0 unspecified atom stereocenters. The number of hydrogen-bond acceptors (Lipinski definition) is 8. The van der Waals surface area contributed by atoms with E-state index in [1.165, 1.54) is 5.56 Å². The number of nitrogens with one attached hydrogen (secondary N) is 1. The van der Waals surface area contributed by atoms with Crippen LogP contribution >= 0.6 is 0 Å². The summed E-state index contributed by atoms with van der Waals surface area (Å²) in [5, 5.41) is 11.2. The van der Waals surface area contributed by atoms with Crippen molar-refractivity contribution in [2.24, 2.45) is 7.05 Å². The average molecular weight is 440 g/mol. The van der Waals surface area contributed by atoms with Gasteiger partial charge in [-0.05, 0) is 37.1 Å². The monoisotopic (exact) mass is 439 g/mol. The fourth-order valence-corrected chi connectivity index (χ4v) is 2.71. The molecule has 174 valence electrons. The molecule has 1 amide bonds. The third-order valence-electron chi connectivity index (χ3n) is 4.52. The van der Waals surface area contributed by atoms with Gasteiger partial charge in [0.25, 0.3) is 0 Å². The van der Waals surface area contributed by atoms with Crippen molar-refractivity contribution >= 4 is 23.1 Å². The minimum absolute atomic E-state index is 0.0136. The Balaban J connectivity index is 1.50. The van der Waals surface area contributed by atoms with Gasteiger partial charge in [-0.25, -0.2) is 9.78 Å². The molecular weight excluding hydrogens is 406 g/mol. The highest BCUT2D eigenvalue weighted by atomic mass is 16.6. The zero-order chi connectivity index (χ0) is 22.5. The van der Waals surface area contributed by atoms with Crippen LogP contribution in [0.25, 0.3) is 11.0 Å². The number of rotatable bonds is 15. The lowest BCUT2D eigenvalue weighted by Crippen LogP contribution is -2.19. The van der Waals surface area contributed by atoms with Crippen molar-refractivity contribution in [3.05, 3.63) is 23.3 Å². The van der Waals surface area contributed by atoms with Gasteiger partial charge in [-0.3, -0.25) is 5.32 Å². The first-order valence-corrected chi connectivity index (χ1v) is 10.3. The largest absolute Gasteiger partial charge is 0.447 e. The van der Waals surface area contributed by atoms with Gasteiger partial charge >= 0.3 is 6.09 Å². The van der Waals surface area contributed by atoms with E-state index in [-0.39, 0.29) is 19.8 Å². The highest BCUT2D eigenvalue weighted by molar-refractivity contribution is 5.87. The molecule has 0 atom stereocenters. The molecule has 1 heterocycles. The topological polar surface area (TPSA) is 113 Å².